The second kappa shape index (κ2) is 9.54. The Labute approximate surface area is 268 Å². The molecule has 0 saturated carbocycles. The Morgan fingerprint density at radius 3 is 1.20 bits per heavy atom. The van der Waals surface area contributed by atoms with E-state index in [0.717, 1.165) is 11.4 Å². The highest BCUT2D eigenvalue weighted by Crippen LogP contribution is 2.61. The van der Waals surface area contributed by atoms with Crippen LogP contribution in [0.1, 0.15) is 22.3 Å². The summed E-state index contributed by atoms with van der Waals surface area (Å²) in [4.78, 5) is 0. The highest BCUT2D eigenvalue weighted by molar-refractivity contribution is 5.96. The molecule has 1 aliphatic heterocycles. The molecule has 0 fully saturated rings. The fourth-order valence-electron chi connectivity index (χ4n) is 8.13. The zero-order chi connectivity index (χ0) is 30.2. The molecule has 0 atom stereocenters. The molecule has 1 nitrogen and oxygen atoms in total. The first-order valence-corrected chi connectivity index (χ1v) is 16.0. The summed E-state index contributed by atoms with van der Waals surface area (Å²) in [6.45, 7) is 0. The number of hydrogen-bond donors (Lipinski definition) is 1. The second-order valence-electron chi connectivity index (χ2n) is 12.6. The quantitative estimate of drug-likeness (QED) is 0.213. The SMILES string of the molecule is c1ccc2c(c1)Nc1ccccc1C21c2cc(-c3ccc4ccccc4c3)ccc2-c2ccc(-c3ccc4ccccc4c3)cc21. The summed E-state index contributed by atoms with van der Waals surface area (Å²) >= 11 is 0. The predicted octanol–water partition coefficient (Wildman–Crippen LogP) is 11.7. The van der Waals surface area contributed by atoms with Crippen LogP contribution >= 0.6 is 0 Å². The lowest BCUT2D eigenvalue weighted by Crippen LogP contribution is -2.33. The normalized spacial score (nSPS) is 13.6. The van der Waals surface area contributed by atoms with Crippen LogP contribution in [0.2, 0.25) is 0 Å². The van der Waals surface area contributed by atoms with Crippen molar-refractivity contribution in [2.75, 3.05) is 5.32 Å². The van der Waals surface area contributed by atoms with E-state index < -0.39 is 5.41 Å². The van der Waals surface area contributed by atoms with Crippen LogP contribution in [0.25, 0.3) is 54.9 Å². The number of nitrogens with one attached hydrogen (secondary N) is 1. The van der Waals surface area contributed by atoms with E-state index in [1.54, 1.807) is 0 Å². The summed E-state index contributed by atoms with van der Waals surface area (Å²) in [5, 5.41) is 8.83. The summed E-state index contributed by atoms with van der Waals surface area (Å²) < 4.78 is 0. The van der Waals surface area contributed by atoms with E-state index in [1.165, 1.54) is 77.2 Å². The Balaban J connectivity index is 1.27. The van der Waals surface area contributed by atoms with E-state index in [0.29, 0.717) is 0 Å². The van der Waals surface area contributed by atoms with Gasteiger partial charge in [-0.2, -0.15) is 0 Å². The van der Waals surface area contributed by atoms with E-state index in [4.69, 9.17) is 0 Å². The summed E-state index contributed by atoms with van der Waals surface area (Å²) in [7, 11) is 0. The van der Waals surface area contributed by atoms with Gasteiger partial charge in [0.25, 0.3) is 0 Å². The van der Waals surface area contributed by atoms with Gasteiger partial charge in [-0.3, -0.25) is 0 Å². The Hall–Kier alpha value is -5.92. The van der Waals surface area contributed by atoms with Crippen LogP contribution in [-0.2, 0) is 5.41 Å². The average Bonchev–Trinajstić information content (AvgIpc) is 3.40. The molecule has 2 aliphatic rings. The number of hydrogen-bond acceptors (Lipinski definition) is 1. The lowest BCUT2D eigenvalue weighted by Gasteiger charge is -2.40. The Morgan fingerprint density at radius 2 is 0.696 bits per heavy atom. The number of rotatable bonds is 2. The van der Waals surface area contributed by atoms with Crippen molar-refractivity contribution in [2.24, 2.45) is 0 Å². The molecule has 0 amide bonds. The first kappa shape index (κ1) is 25.4. The molecule has 8 aromatic carbocycles. The summed E-state index contributed by atoms with van der Waals surface area (Å²) in [5.74, 6) is 0. The topological polar surface area (TPSA) is 12.0 Å². The van der Waals surface area contributed by atoms with Crippen LogP contribution in [0.5, 0.6) is 0 Å². The number of para-hydroxylation sites is 2. The van der Waals surface area contributed by atoms with Gasteiger partial charge in [0.2, 0.25) is 0 Å². The van der Waals surface area contributed by atoms with E-state index in [-0.39, 0.29) is 0 Å². The average molecular weight is 584 g/mol. The first-order chi connectivity index (χ1) is 22.8. The van der Waals surface area contributed by atoms with Crippen molar-refractivity contribution < 1.29 is 0 Å². The van der Waals surface area contributed by atoms with E-state index in [2.05, 4.69) is 175 Å². The van der Waals surface area contributed by atoms with Crippen molar-refractivity contribution in [1.29, 1.82) is 0 Å². The van der Waals surface area contributed by atoms with Gasteiger partial charge in [0.15, 0.2) is 0 Å². The lowest BCUT2D eigenvalue weighted by molar-refractivity contribution is 0.764. The van der Waals surface area contributed by atoms with Gasteiger partial charge in [-0.1, -0.05) is 133 Å². The molecular formula is C45H29N. The maximum atomic E-state index is 3.79. The largest absolute Gasteiger partial charge is 0.355 e. The van der Waals surface area contributed by atoms with Gasteiger partial charge in [0.05, 0.1) is 5.41 Å². The molecule has 214 valence electrons. The molecule has 0 bridgehead atoms. The van der Waals surface area contributed by atoms with Gasteiger partial charge in [-0.15, -0.1) is 0 Å². The fourth-order valence-corrected chi connectivity index (χ4v) is 8.13. The molecule has 1 heteroatoms. The lowest BCUT2D eigenvalue weighted by atomic mass is 9.64. The Morgan fingerprint density at radius 1 is 0.304 bits per heavy atom. The van der Waals surface area contributed by atoms with Crippen LogP contribution < -0.4 is 5.32 Å². The molecule has 46 heavy (non-hydrogen) atoms. The molecule has 0 radical (unpaired) electrons. The van der Waals surface area contributed by atoms with Crippen molar-refractivity contribution >= 4 is 32.9 Å². The monoisotopic (exact) mass is 583 g/mol. The molecule has 8 aromatic rings. The summed E-state index contributed by atoms with van der Waals surface area (Å²) in [6.07, 6.45) is 0. The minimum absolute atomic E-state index is 0.469. The summed E-state index contributed by atoms with van der Waals surface area (Å²) in [6, 6.07) is 62.9. The second-order valence-corrected chi connectivity index (χ2v) is 12.6. The molecule has 1 spiro atoms. The van der Waals surface area contributed by atoms with Crippen LogP contribution in [0.4, 0.5) is 11.4 Å². The van der Waals surface area contributed by atoms with Gasteiger partial charge in [-0.25, -0.2) is 0 Å². The third-order valence-electron chi connectivity index (χ3n) is 10.2. The fraction of sp³-hybridized carbons (Fsp3) is 0.0222. The van der Waals surface area contributed by atoms with Crippen LogP contribution in [0.3, 0.4) is 0 Å². The van der Waals surface area contributed by atoms with Crippen molar-refractivity contribution in [3.05, 3.63) is 192 Å². The molecule has 0 unspecified atom stereocenters. The van der Waals surface area contributed by atoms with Crippen molar-refractivity contribution in [2.45, 2.75) is 5.41 Å². The van der Waals surface area contributed by atoms with Gasteiger partial charge in [-0.05, 0) is 114 Å². The van der Waals surface area contributed by atoms with Gasteiger partial charge in [0, 0.05) is 11.4 Å². The molecule has 0 aromatic heterocycles. The minimum Gasteiger partial charge on any atom is -0.355 e. The zero-order valence-corrected chi connectivity index (χ0v) is 25.2. The van der Waals surface area contributed by atoms with E-state index in [9.17, 15) is 0 Å². The third-order valence-corrected chi connectivity index (χ3v) is 10.2. The Kier molecular flexibility index (Phi) is 5.27. The van der Waals surface area contributed by atoms with E-state index in [1.807, 2.05) is 0 Å². The smallest absolute Gasteiger partial charge is 0.0754 e. The van der Waals surface area contributed by atoms with Crippen molar-refractivity contribution in [3.63, 3.8) is 0 Å². The van der Waals surface area contributed by atoms with Crippen molar-refractivity contribution in [1.82, 2.24) is 0 Å². The number of fused-ring (bicyclic) bond motifs is 11. The van der Waals surface area contributed by atoms with Crippen LogP contribution in [0.15, 0.2) is 170 Å². The molecule has 1 heterocycles. The molecular weight excluding hydrogens is 555 g/mol. The van der Waals surface area contributed by atoms with Gasteiger partial charge < -0.3 is 5.32 Å². The molecule has 0 saturated heterocycles. The molecule has 10 rings (SSSR count). The predicted molar refractivity (Wildman–Crippen MR) is 193 cm³/mol. The number of benzene rings is 8. The Bertz CT molecular complexity index is 2340. The van der Waals surface area contributed by atoms with Crippen LogP contribution in [-0.4, -0.2) is 0 Å². The maximum absolute atomic E-state index is 3.79. The first-order valence-electron chi connectivity index (χ1n) is 16.0. The molecule has 1 N–H and O–H groups in total. The third kappa shape index (κ3) is 3.51. The van der Waals surface area contributed by atoms with Crippen LogP contribution in [0, 0.1) is 0 Å². The van der Waals surface area contributed by atoms with E-state index >= 15 is 0 Å². The number of anilines is 2. The maximum Gasteiger partial charge on any atom is 0.0754 e. The minimum atomic E-state index is -0.469. The van der Waals surface area contributed by atoms with Gasteiger partial charge in [0.1, 0.15) is 0 Å². The summed E-state index contributed by atoms with van der Waals surface area (Å²) in [5.41, 5.74) is 14.7. The highest BCUT2D eigenvalue weighted by Gasteiger charge is 2.50. The highest BCUT2D eigenvalue weighted by atomic mass is 14.9. The van der Waals surface area contributed by atoms with Crippen molar-refractivity contribution in [3.8, 4) is 33.4 Å². The zero-order valence-electron chi connectivity index (χ0n) is 25.2. The van der Waals surface area contributed by atoms with Gasteiger partial charge >= 0.3 is 0 Å². The molecule has 1 aliphatic carbocycles. The standard InChI is InChI=1S/C45H29N/c1-3-11-31-25-33(19-17-29(31)9-1)35-21-23-37-38-24-22-36(34-20-18-30-10-2-4-12-32(30)26-34)28-42(38)45(41(37)27-35)39-13-5-7-15-43(39)46-44-16-8-6-14-40(44)45/h1-28,46H.